The van der Waals surface area contributed by atoms with E-state index in [9.17, 15) is 22.4 Å². The molecule has 0 saturated carbocycles. The Balaban J connectivity index is 1.83. The molecule has 10 heteroatoms. The van der Waals surface area contributed by atoms with Gasteiger partial charge in [0.1, 0.15) is 16.8 Å². The summed E-state index contributed by atoms with van der Waals surface area (Å²) in [6.45, 7) is 1.30. The number of sulfonamides is 1. The quantitative estimate of drug-likeness (QED) is 0.707. The summed E-state index contributed by atoms with van der Waals surface area (Å²) in [4.78, 5) is 27.7. The lowest BCUT2D eigenvalue weighted by atomic mass is 10.1. The van der Waals surface area contributed by atoms with Gasteiger partial charge in [-0.25, -0.2) is 17.6 Å². The predicted octanol–water partition coefficient (Wildman–Crippen LogP) is 2.02. The van der Waals surface area contributed by atoms with Gasteiger partial charge in [-0.2, -0.15) is 4.72 Å². The Labute approximate surface area is 187 Å². The van der Waals surface area contributed by atoms with Gasteiger partial charge in [-0.05, 0) is 30.5 Å². The zero-order valence-electron chi connectivity index (χ0n) is 17.7. The van der Waals surface area contributed by atoms with Crippen molar-refractivity contribution in [1.29, 1.82) is 0 Å². The number of ether oxygens (including phenoxy) is 1. The van der Waals surface area contributed by atoms with E-state index in [0.29, 0.717) is 19.5 Å². The molecule has 2 aromatic rings. The molecule has 0 spiro atoms. The van der Waals surface area contributed by atoms with Gasteiger partial charge in [-0.1, -0.05) is 42.5 Å². The van der Waals surface area contributed by atoms with Gasteiger partial charge in [-0.15, -0.1) is 0 Å². The highest BCUT2D eigenvalue weighted by atomic mass is 32.2. The number of carbonyl (C=O) groups excluding carboxylic acids is 2. The van der Waals surface area contributed by atoms with E-state index < -0.39 is 38.8 Å². The first-order valence-electron chi connectivity index (χ1n) is 10.2. The molecule has 2 amide bonds. The lowest BCUT2D eigenvalue weighted by Crippen LogP contribution is -2.50. The fourth-order valence-electron chi connectivity index (χ4n) is 3.61. The first-order chi connectivity index (χ1) is 15.3. The molecule has 0 aromatic heterocycles. The summed E-state index contributed by atoms with van der Waals surface area (Å²) >= 11 is 0. The first kappa shape index (κ1) is 23.7. The molecule has 32 heavy (non-hydrogen) atoms. The Hall–Kier alpha value is -2.98. The molecule has 0 radical (unpaired) electrons. The number of nitrogens with one attached hydrogen (secondary N) is 1. The van der Waals surface area contributed by atoms with E-state index in [1.165, 1.54) is 29.0 Å². The van der Waals surface area contributed by atoms with Crippen molar-refractivity contribution < 1.29 is 27.1 Å². The number of rotatable bonds is 6. The second-order valence-electron chi connectivity index (χ2n) is 7.43. The van der Waals surface area contributed by atoms with Crippen molar-refractivity contribution in [2.45, 2.75) is 23.8 Å². The number of hydrogen-bond acceptors (Lipinski definition) is 5. The highest BCUT2D eigenvalue weighted by molar-refractivity contribution is 7.89. The minimum atomic E-state index is -4.29. The molecular weight excluding hydrogens is 437 g/mol. The van der Waals surface area contributed by atoms with Crippen molar-refractivity contribution in [3.8, 4) is 0 Å². The number of benzene rings is 2. The summed E-state index contributed by atoms with van der Waals surface area (Å²) in [6, 6.07) is 12.9. The van der Waals surface area contributed by atoms with Crippen molar-refractivity contribution in [3.05, 3.63) is 66.0 Å². The fourth-order valence-corrected chi connectivity index (χ4v) is 4.88. The summed E-state index contributed by atoms with van der Waals surface area (Å²) in [5, 5.41) is 0. The van der Waals surface area contributed by atoms with Crippen LogP contribution in [0.25, 0.3) is 0 Å². The van der Waals surface area contributed by atoms with Gasteiger partial charge < -0.3 is 14.5 Å². The van der Waals surface area contributed by atoms with E-state index in [0.717, 1.165) is 17.7 Å². The number of carbonyl (C=O) groups is 2. The molecule has 3 rings (SSSR count). The lowest BCUT2D eigenvalue weighted by Gasteiger charge is -2.27. The highest BCUT2D eigenvalue weighted by Gasteiger charge is 2.32. The van der Waals surface area contributed by atoms with Crippen LogP contribution >= 0.6 is 0 Å². The third-order valence-corrected chi connectivity index (χ3v) is 6.75. The molecule has 0 aliphatic carbocycles. The van der Waals surface area contributed by atoms with E-state index in [1.54, 1.807) is 24.3 Å². The lowest BCUT2D eigenvalue weighted by molar-refractivity contribution is -0.132. The molecule has 172 valence electrons. The second-order valence-corrected chi connectivity index (χ2v) is 9.11. The maximum absolute atomic E-state index is 14.2. The summed E-state index contributed by atoms with van der Waals surface area (Å²) in [7, 11) is -2.99. The van der Waals surface area contributed by atoms with Crippen LogP contribution in [0.4, 0.5) is 9.18 Å². The smallest absolute Gasteiger partial charge is 0.409 e. The van der Waals surface area contributed by atoms with Crippen LogP contribution in [0.15, 0.2) is 59.5 Å². The van der Waals surface area contributed by atoms with Crippen molar-refractivity contribution in [3.63, 3.8) is 0 Å². The number of hydrogen-bond donors (Lipinski definition) is 1. The van der Waals surface area contributed by atoms with Gasteiger partial charge in [0, 0.05) is 26.2 Å². The van der Waals surface area contributed by atoms with Crippen LogP contribution in [0.3, 0.4) is 0 Å². The molecule has 0 bridgehead atoms. The highest BCUT2D eigenvalue weighted by Crippen LogP contribution is 2.16. The molecular formula is C22H26FN3O5S. The minimum Gasteiger partial charge on any atom is -0.453 e. The number of nitrogens with zero attached hydrogens (tertiary/aromatic N) is 2. The SMILES string of the molecule is COC(=O)N1CCCN(C(=O)[C@H](Cc2ccccc2)NS(=O)(=O)c2ccccc2F)CC1. The minimum absolute atomic E-state index is 0.102. The van der Waals surface area contributed by atoms with Gasteiger partial charge in [0.2, 0.25) is 15.9 Å². The zero-order chi connectivity index (χ0) is 23.1. The summed E-state index contributed by atoms with van der Waals surface area (Å²) in [5.41, 5.74) is 0.757. The van der Waals surface area contributed by atoms with Crippen LogP contribution in [-0.2, 0) is 26.0 Å². The summed E-state index contributed by atoms with van der Waals surface area (Å²) in [5.74, 6) is -1.32. The average molecular weight is 464 g/mol. The largest absolute Gasteiger partial charge is 0.453 e. The van der Waals surface area contributed by atoms with Crippen molar-refractivity contribution in [2.75, 3.05) is 33.3 Å². The van der Waals surface area contributed by atoms with E-state index in [2.05, 4.69) is 4.72 Å². The Morgan fingerprint density at radius 3 is 2.31 bits per heavy atom. The Morgan fingerprint density at radius 1 is 1.00 bits per heavy atom. The summed E-state index contributed by atoms with van der Waals surface area (Å²) in [6.07, 6.45) is 0.157. The Kier molecular flexibility index (Phi) is 7.81. The third kappa shape index (κ3) is 5.83. The van der Waals surface area contributed by atoms with Crippen LogP contribution in [-0.4, -0.2) is 69.5 Å². The van der Waals surface area contributed by atoms with E-state index in [1.807, 2.05) is 6.07 Å². The molecule has 1 fully saturated rings. The summed E-state index contributed by atoms with van der Waals surface area (Å²) < 4.78 is 47.1. The number of halogens is 1. The normalized spacial score (nSPS) is 15.7. The third-order valence-electron chi connectivity index (χ3n) is 5.24. The fraction of sp³-hybridized carbons (Fsp3) is 0.364. The van der Waals surface area contributed by atoms with Gasteiger partial charge in [0.05, 0.1) is 7.11 Å². The molecule has 1 heterocycles. The van der Waals surface area contributed by atoms with Crippen LogP contribution in [0.1, 0.15) is 12.0 Å². The van der Waals surface area contributed by atoms with Crippen LogP contribution in [0, 0.1) is 5.82 Å². The predicted molar refractivity (Wildman–Crippen MR) is 116 cm³/mol. The molecule has 1 atom stereocenters. The van der Waals surface area contributed by atoms with Crippen LogP contribution < -0.4 is 4.72 Å². The van der Waals surface area contributed by atoms with E-state index in [4.69, 9.17) is 4.74 Å². The zero-order valence-corrected chi connectivity index (χ0v) is 18.6. The topological polar surface area (TPSA) is 96.0 Å². The van der Waals surface area contributed by atoms with E-state index >= 15 is 0 Å². The molecule has 8 nitrogen and oxygen atoms in total. The van der Waals surface area contributed by atoms with Gasteiger partial charge in [0.15, 0.2) is 0 Å². The van der Waals surface area contributed by atoms with Gasteiger partial charge >= 0.3 is 6.09 Å². The monoisotopic (exact) mass is 463 g/mol. The molecule has 1 saturated heterocycles. The molecule has 1 N–H and O–H groups in total. The van der Waals surface area contributed by atoms with Crippen LogP contribution in [0.2, 0.25) is 0 Å². The molecule has 1 aliphatic rings. The Morgan fingerprint density at radius 2 is 1.62 bits per heavy atom. The van der Waals surface area contributed by atoms with E-state index in [-0.39, 0.29) is 19.5 Å². The second kappa shape index (κ2) is 10.6. The van der Waals surface area contributed by atoms with Gasteiger partial charge in [-0.3, -0.25) is 4.79 Å². The van der Waals surface area contributed by atoms with Crippen molar-refractivity contribution in [1.82, 2.24) is 14.5 Å². The Bertz CT molecular complexity index is 1050. The molecule has 1 aliphatic heterocycles. The maximum atomic E-state index is 14.2. The number of amides is 2. The number of methoxy groups -OCH3 is 1. The first-order valence-corrected chi connectivity index (χ1v) is 11.7. The maximum Gasteiger partial charge on any atom is 0.409 e. The van der Waals surface area contributed by atoms with Gasteiger partial charge in [0.25, 0.3) is 0 Å². The van der Waals surface area contributed by atoms with Crippen molar-refractivity contribution in [2.24, 2.45) is 0 Å². The average Bonchev–Trinajstić information content (AvgIpc) is 3.05. The standard InChI is InChI=1S/C22H26FN3O5S/c1-31-22(28)26-13-7-12-25(14-15-26)21(27)19(16-17-8-3-2-4-9-17)24-32(29,30)20-11-6-5-10-18(20)23/h2-6,8-11,19,24H,7,12-16H2,1H3/t19-/m0/s1. The van der Waals surface area contributed by atoms with Crippen molar-refractivity contribution >= 4 is 22.0 Å². The molecule has 2 aromatic carbocycles. The van der Waals surface area contributed by atoms with Crippen LogP contribution in [0.5, 0.6) is 0 Å². The molecule has 0 unspecified atom stereocenters.